The Labute approximate surface area is 216 Å². The second-order valence-electron chi connectivity index (χ2n) is 9.62. The predicted molar refractivity (Wildman–Crippen MR) is 130 cm³/mol. The van der Waals surface area contributed by atoms with Gasteiger partial charge in [-0.25, -0.2) is 4.79 Å². The van der Waals surface area contributed by atoms with Gasteiger partial charge in [-0.15, -0.1) is 0 Å². The number of urea groups is 1. The number of piperidine rings is 2. The summed E-state index contributed by atoms with van der Waals surface area (Å²) in [6, 6.07) is 12.0. The summed E-state index contributed by atoms with van der Waals surface area (Å²) in [6.45, 7) is 1.60. The molecule has 2 amide bonds. The lowest BCUT2D eigenvalue weighted by molar-refractivity contribution is -0.137. The van der Waals surface area contributed by atoms with Crippen molar-refractivity contribution in [3.8, 4) is 11.4 Å². The fraction of sp³-hybridized carbons (Fsp3) is 0.423. The van der Waals surface area contributed by atoms with E-state index in [1.165, 1.54) is 12.1 Å². The monoisotopic (exact) mass is 534 g/mol. The van der Waals surface area contributed by atoms with Gasteiger partial charge in [-0.2, -0.15) is 18.2 Å². The Morgan fingerprint density at radius 3 is 2.41 bits per heavy atom. The number of rotatable bonds is 3. The maximum atomic E-state index is 13.4. The van der Waals surface area contributed by atoms with Gasteiger partial charge in [0.15, 0.2) is 0 Å². The van der Waals surface area contributed by atoms with Crippen LogP contribution in [0.25, 0.3) is 11.4 Å². The van der Waals surface area contributed by atoms with E-state index in [-0.39, 0.29) is 17.9 Å². The molecule has 2 aliphatic heterocycles. The van der Waals surface area contributed by atoms with Crippen molar-refractivity contribution in [1.82, 2.24) is 19.9 Å². The molecule has 2 aromatic carbocycles. The smallest absolute Gasteiger partial charge is 0.393 e. The van der Waals surface area contributed by atoms with Gasteiger partial charge in [0.05, 0.1) is 17.6 Å². The van der Waals surface area contributed by atoms with Gasteiger partial charge in [-0.1, -0.05) is 41.0 Å². The van der Waals surface area contributed by atoms with Crippen molar-refractivity contribution in [2.45, 2.75) is 43.4 Å². The fourth-order valence-electron chi connectivity index (χ4n) is 5.02. The Hall–Kier alpha value is -3.11. The highest BCUT2D eigenvalue weighted by Gasteiger charge is 2.37. The van der Waals surface area contributed by atoms with Crippen molar-refractivity contribution in [3.63, 3.8) is 0 Å². The van der Waals surface area contributed by atoms with Crippen LogP contribution in [-0.4, -0.2) is 63.4 Å². The van der Waals surface area contributed by atoms with Crippen molar-refractivity contribution in [2.75, 3.05) is 26.2 Å². The molecule has 1 aromatic heterocycles. The second kappa shape index (κ2) is 10.3. The van der Waals surface area contributed by atoms with Gasteiger partial charge in [-0.05, 0) is 49.1 Å². The lowest BCUT2D eigenvalue weighted by Gasteiger charge is -2.40. The van der Waals surface area contributed by atoms with Crippen LogP contribution in [0.3, 0.4) is 0 Å². The van der Waals surface area contributed by atoms with Crippen molar-refractivity contribution < 1.29 is 27.6 Å². The summed E-state index contributed by atoms with van der Waals surface area (Å²) < 4.78 is 44.9. The molecular weight excluding hydrogens is 509 g/mol. The number of halogens is 4. The average Bonchev–Trinajstić information content (AvgIpc) is 3.39. The number of alkyl halides is 3. The number of hydrogen-bond acceptors (Lipinski definition) is 5. The van der Waals surface area contributed by atoms with Gasteiger partial charge in [-0.3, -0.25) is 0 Å². The molecule has 11 heteroatoms. The molecule has 0 radical (unpaired) electrons. The number of aliphatic hydroxyl groups is 1. The minimum atomic E-state index is -4.42. The van der Waals surface area contributed by atoms with Gasteiger partial charge < -0.3 is 19.4 Å². The Bertz CT molecular complexity index is 1240. The Kier molecular flexibility index (Phi) is 7.13. The Balaban J connectivity index is 1.41. The molecule has 2 fully saturated rings. The molecule has 2 unspecified atom stereocenters. The molecule has 0 bridgehead atoms. The standard InChI is InChI=1S/C26H26ClF3N4O3/c27-21-3-1-2-17(13-21)23-31-24(37-32-23)19-12-18(16-4-6-20(7-5-16)26(28,29)30)14-34(15-19)25(36)33-10-8-22(35)9-11-33/h1-7,13,18-19,22,35H,8-12,14-15H2. The zero-order chi connectivity index (χ0) is 26.2. The SMILES string of the molecule is O=C(N1CCC(O)CC1)N1CC(c2ccc(C(F)(F)F)cc2)CC(c2nc(-c3cccc(Cl)c3)no2)C1. The largest absolute Gasteiger partial charge is 0.416 e. The highest BCUT2D eigenvalue weighted by Crippen LogP contribution is 2.38. The lowest BCUT2D eigenvalue weighted by atomic mass is 9.84. The van der Waals surface area contributed by atoms with E-state index < -0.39 is 17.8 Å². The van der Waals surface area contributed by atoms with Crippen LogP contribution in [0.1, 0.15) is 48.1 Å². The highest BCUT2D eigenvalue weighted by atomic mass is 35.5. The summed E-state index contributed by atoms with van der Waals surface area (Å²) in [5, 5.41) is 14.5. The van der Waals surface area contributed by atoms with E-state index in [0.29, 0.717) is 73.3 Å². The van der Waals surface area contributed by atoms with Crippen molar-refractivity contribution in [2.24, 2.45) is 0 Å². The van der Waals surface area contributed by atoms with Crippen LogP contribution in [0.2, 0.25) is 5.02 Å². The minimum absolute atomic E-state index is 0.164. The molecule has 1 N–H and O–H groups in total. The van der Waals surface area contributed by atoms with E-state index >= 15 is 0 Å². The summed E-state index contributed by atoms with van der Waals surface area (Å²) in [4.78, 5) is 21.4. The van der Waals surface area contributed by atoms with Crippen LogP contribution in [0.5, 0.6) is 0 Å². The first-order valence-corrected chi connectivity index (χ1v) is 12.5. The second-order valence-corrected chi connectivity index (χ2v) is 10.1. The molecule has 37 heavy (non-hydrogen) atoms. The third-order valence-electron chi connectivity index (χ3n) is 7.04. The molecule has 196 valence electrons. The van der Waals surface area contributed by atoms with Crippen molar-refractivity contribution >= 4 is 17.6 Å². The number of carbonyl (C=O) groups is 1. The summed E-state index contributed by atoms with van der Waals surface area (Å²) in [5.74, 6) is 0.207. The number of carbonyl (C=O) groups excluding carboxylic acids is 1. The van der Waals surface area contributed by atoms with Crippen LogP contribution >= 0.6 is 11.6 Å². The number of hydrogen-bond donors (Lipinski definition) is 1. The number of nitrogens with zero attached hydrogens (tertiary/aromatic N) is 4. The number of benzene rings is 2. The normalized spacial score (nSPS) is 21.3. The zero-order valence-electron chi connectivity index (χ0n) is 19.9. The summed E-state index contributed by atoms with van der Waals surface area (Å²) in [6.07, 6.45) is -3.28. The predicted octanol–water partition coefficient (Wildman–Crippen LogP) is 5.56. The summed E-state index contributed by atoms with van der Waals surface area (Å²) in [5.41, 5.74) is 0.683. The lowest BCUT2D eigenvalue weighted by Crippen LogP contribution is -2.51. The first-order chi connectivity index (χ1) is 17.7. The summed E-state index contributed by atoms with van der Waals surface area (Å²) in [7, 11) is 0. The van der Waals surface area contributed by atoms with E-state index in [9.17, 15) is 23.1 Å². The van der Waals surface area contributed by atoms with Crippen molar-refractivity contribution in [3.05, 3.63) is 70.6 Å². The number of aromatic nitrogens is 2. The number of amides is 2. The molecule has 5 rings (SSSR count). The fourth-order valence-corrected chi connectivity index (χ4v) is 5.21. The zero-order valence-corrected chi connectivity index (χ0v) is 20.6. The third kappa shape index (κ3) is 5.75. The quantitative estimate of drug-likeness (QED) is 0.476. The Morgan fingerprint density at radius 2 is 1.73 bits per heavy atom. The first kappa shape index (κ1) is 25.5. The van der Waals surface area contributed by atoms with Gasteiger partial charge in [0.25, 0.3) is 0 Å². The van der Waals surface area contributed by atoms with Crippen LogP contribution in [0.4, 0.5) is 18.0 Å². The molecule has 0 saturated carbocycles. The van der Waals surface area contributed by atoms with Crippen molar-refractivity contribution in [1.29, 1.82) is 0 Å². The molecule has 3 aromatic rings. The van der Waals surface area contributed by atoms with E-state index in [2.05, 4.69) is 10.1 Å². The Morgan fingerprint density at radius 1 is 1.03 bits per heavy atom. The van der Waals surface area contributed by atoms with Crippen LogP contribution in [0, 0.1) is 0 Å². The maximum Gasteiger partial charge on any atom is 0.416 e. The van der Waals surface area contributed by atoms with Crippen LogP contribution in [0.15, 0.2) is 53.1 Å². The average molecular weight is 535 g/mol. The summed E-state index contributed by atoms with van der Waals surface area (Å²) >= 11 is 6.09. The van der Waals surface area contributed by atoms with Crippen LogP contribution in [-0.2, 0) is 6.18 Å². The molecule has 0 spiro atoms. The van der Waals surface area contributed by atoms with E-state index in [1.54, 1.807) is 28.0 Å². The highest BCUT2D eigenvalue weighted by molar-refractivity contribution is 6.30. The van der Waals surface area contributed by atoms with E-state index in [4.69, 9.17) is 16.1 Å². The molecule has 3 heterocycles. The molecule has 2 saturated heterocycles. The van der Waals surface area contributed by atoms with E-state index in [1.807, 2.05) is 6.07 Å². The van der Waals surface area contributed by atoms with Gasteiger partial charge in [0, 0.05) is 42.7 Å². The maximum absolute atomic E-state index is 13.4. The van der Waals surface area contributed by atoms with Gasteiger partial charge in [0.2, 0.25) is 11.7 Å². The molecule has 7 nitrogen and oxygen atoms in total. The van der Waals surface area contributed by atoms with Gasteiger partial charge in [0.1, 0.15) is 0 Å². The van der Waals surface area contributed by atoms with Crippen LogP contribution < -0.4 is 0 Å². The molecule has 2 atom stereocenters. The molecule has 2 aliphatic rings. The molecular formula is C26H26ClF3N4O3. The van der Waals surface area contributed by atoms with Gasteiger partial charge >= 0.3 is 12.2 Å². The number of aliphatic hydroxyl groups excluding tert-OH is 1. The number of likely N-dealkylation sites (tertiary alicyclic amines) is 2. The third-order valence-corrected chi connectivity index (χ3v) is 7.27. The first-order valence-electron chi connectivity index (χ1n) is 12.2. The topological polar surface area (TPSA) is 82.7 Å². The van der Waals surface area contributed by atoms with E-state index in [0.717, 1.165) is 12.1 Å². The molecule has 0 aliphatic carbocycles. The minimum Gasteiger partial charge on any atom is -0.393 e.